The molecule has 52 valence electrons. The van der Waals surface area contributed by atoms with E-state index in [0.29, 0.717) is 0 Å². The first-order chi connectivity index (χ1) is 3.41. The Hall–Kier alpha value is 0.401. The zero-order valence-electron chi connectivity index (χ0n) is 3.94. The van der Waals surface area contributed by atoms with Gasteiger partial charge in [-0.3, -0.25) is 18.0 Å². The summed E-state index contributed by atoms with van der Waals surface area (Å²) in [5, 5.41) is 0. The van der Waals surface area contributed by atoms with E-state index in [2.05, 4.69) is 0 Å². The van der Waals surface area contributed by atoms with Gasteiger partial charge in [0.2, 0.25) is 0 Å². The monoisotopic (exact) mass is 206 g/mol. The number of hydrogen-bond donors (Lipinski definition) is 2. The molecule has 6 nitrogen and oxygen atoms in total. The summed E-state index contributed by atoms with van der Waals surface area (Å²) in [5.41, 5.74) is 0. The topological polar surface area (TPSA) is 109 Å². The molecule has 0 rings (SSSR count). The smallest absolute Gasteiger partial charge is 0.274 e. The van der Waals surface area contributed by atoms with Crippen molar-refractivity contribution in [3.05, 3.63) is 0 Å². The summed E-state index contributed by atoms with van der Waals surface area (Å²) in [6, 6.07) is 0. The Balaban J connectivity index is -0.0000000800. The molecule has 0 aromatic rings. The van der Waals surface area contributed by atoms with E-state index in [9.17, 15) is 0 Å². The molecule has 0 aliphatic rings. The van der Waals surface area contributed by atoms with Crippen molar-refractivity contribution < 1.29 is 48.2 Å². The molecule has 0 unspecified atom stereocenters. The van der Waals surface area contributed by atoms with Crippen molar-refractivity contribution in [3.63, 3.8) is 0 Å². The molecule has 2 N–H and O–H groups in total. The molecule has 0 spiro atoms. The van der Waals surface area contributed by atoms with Gasteiger partial charge in [-0.05, 0) is 0 Å². The molecule has 0 atom stereocenters. The molecular formula is H2O6SSiTi. The third kappa shape index (κ3) is 2140. The van der Waals surface area contributed by atoms with Crippen LogP contribution in [0.15, 0.2) is 0 Å². The minimum atomic E-state index is -4.67. The van der Waals surface area contributed by atoms with Crippen molar-refractivity contribution in [1.82, 2.24) is 0 Å². The van der Waals surface area contributed by atoms with E-state index in [-0.39, 0.29) is 21.7 Å². The molecule has 0 aromatic carbocycles. The summed E-state index contributed by atoms with van der Waals surface area (Å²) >= 11 is 0. The average molecular weight is 206 g/mol. The van der Waals surface area contributed by atoms with Gasteiger partial charge in [0, 0.05) is 21.7 Å². The van der Waals surface area contributed by atoms with Crippen LogP contribution in [0.4, 0.5) is 0 Å². The Bertz CT molecular complexity index is 153. The van der Waals surface area contributed by atoms with Crippen molar-refractivity contribution in [1.29, 1.82) is 0 Å². The maximum absolute atomic E-state index is 8.74. The maximum Gasteiger partial charge on any atom is 0.549 e. The molecule has 0 aliphatic carbocycles. The van der Waals surface area contributed by atoms with Gasteiger partial charge in [-0.15, -0.1) is 0 Å². The third-order valence-corrected chi connectivity index (χ3v) is 0. The standard InChI is InChI=1S/H2O4S.O2Si.Ti/c1-5(2,3)4;1-3-2;/h(H2,1,2,3,4);;. The minimum Gasteiger partial charge on any atom is -0.274 e. The van der Waals surface area contributed by atoms with Crippen LogP contribution in [0.2, 0.25) is 0 Å². The maximum atomic E-state index is 8.74. The first kappa shape index (κ1) is 16.2. The van der Waals surface area contributed by atoms with Crippen LogP contribution in [0.1, 0.15) is 0 Å². The fraction of sp³-hybridized carbons (Fsp3) is 0. The van der Waals surface area contributed by atoms with Gasteiger partial charge in [-0.1, -0.05) is 0 Å². The van der Waals surface area contributed by atoms with Crippen LogP contribution < -0.4 is 0 Å². The Morgan fingerprint density at radius 1 is 1.11 bits per heavy atom. The Morgan fingerprint density at radius 3 is 1.11 bits per heavy atom. The molecule has 0 amide bonds. The molecule has 0 fully saturated rings. The Kier molecular flexibility index (Phi) is 15.1. The zero-order chi connectivity index (χ0) is 7.21. The van der Waals surface area contributed by atoms with Gasteiger partial charge >= 0.3 is 19.7 Å². The van der Waals surface area contributed by atoms with Crippen LogP contribution in [-0.4, -0.2) is 26.8 Å². The van der Waals surface area contributed by atoms with Gasteiger partial charge < -0.3 is 0 Å². The fourth-order valence-corrected chi connectivity index (χ4v) is 0. The van der Waals surface area contributed by atoms with E-state index >= 15 is 0 Å². The first-order valence-electron chi connectivity index (χ1n) is 1.11. The third-order valence-electron chi connectivity index (χ3n) is 0. The second kappa shape index (κ2) is 8.40. The van der Waals surface area contributed by atoms with Gasteiger partial charge in [0.15, 0.2) is 0 Å². The summed E-state index contributed by atoms with van der Waals surface area (Å²) in [6.45, 7) is 0. The molecule has 0 saturated carbocycles. The summed E-state index contributed by atoms with van der Waals surface area (Å²) in [5.74, 6) is 0. The van der Waals surface area contributed by atoms with Gasteiger partial charge in [-0.25, -0.2) is 0 Å². The molecule has 9 heavy (non-hydrogen) atoms. The molecule has 0 heterocycles. The quantitative estimate of drug-likeness (QED) is 0.377. The van der Waals surface area contributed by atoms with E-state index in [4.69, 9.17) is 26.4 Å². The van der Waals surface area contributed by atoms with Crippen LogP contribution in [-0.2, 0) is 41.0 Å². The van der Waals surface area contributed by atoms with Crippen LogP contribution in [0.3, 0.4) is 0 Å². The number of rotatable bonds is 0. The van der Waals surface area contributed by atoms with Crippen molar-refractivity contribution in [2.75, 3.05) is 0 Å². The number of hydrogen-bond acceptors (Lipinski definition) is 4. The van der Waals surface area contributed by atoms with E-state index in [0.717, 1.165) is 0 Å². The summed E-state index contributed by atoms with van der Waals surface area (Å²) in [7, 11) is -6.08. The molecule has 0 bridgehead atoms. The van der Waals surface area contributed by atoms with Crippen molar-refractivity contribution in [2.45, 2.75) is 0 Å². The van der Waals surface area contributed by atoms with Crippen LogP contribution in [0.25, 0.3) is 0 Å². The molecule has 0 aliphatic heterocycles. The van der Waals surface area contributed by atoms with Gasteiger partial charge in [0.1, 0.15) is 0 Å². The van der Waals surface area contributed by atoms with Crippen molar-refractivity contribution in [2.24, 2.45) is 0 Å². The van der Waals surface area contributed by atoms with Crippen molar-refractivity contribution >= 4 is 19.7 Å². The Labute approximate surface area is 68.0 Å². The van der Waals surface area contributed by atoms with Crippen molar-refractivity contribution in [3.8, 4) is 0 Å². The SMILES string of the molecule is O=S(=O)(O)O.O=[Si]=O.[Ti]. The van der Waals surface area contributed by atoms with Gasteiger partial charge in [0.05, 0.1) is 0 Å². The van der Waals surface area contributed by atoms with E-state index < -0.39 is 19.7 Å². The van der Waals surface area contributed by atoms with Crippen LogP contribution >= 0.6 is 0 Å². The van der Waals surface area contributed by atoms with Gasteiger partial charge in [0.25, 0.3) is 0 Å². The van der Waals surface area contributed by atoms with Crippen LogP contribution in [0.5, 0.6) is 0 Å². The average Bonchev–Trinajstić information content (AvgIpc) is 1.27. The fourth-order valence-electron chi connectivity index (χ4n) is 0. The second-order valence-corrected chi connectivity index (χ2v) is 1.59. The molecule has 0 radical (unpaired) electrons. The summed E-state index contributed by atoms with van der Waals surface area (Å²) < 4.78 is 48.4. The minimum absolute atomic E-state index is 0. The second-order valence-electron chi connectivity index (χ2n) is 0.531. The Morgan fingerprint density at radius 2 is 1.11 bits per heavy atom. The zero-order valence-corrected chi connectivity index (χ0v) is 7.31. The van der Waals surface area contributed by atoms with Gasteiger partial charge in [-0.2, -0.15) is 8.42 Å². The van der Waals surface area contributed by atoms with Crippen LogP contribution in [0, 0.1) is 0 Å². The molecule has 0 saturated heterocycles. The molecular weight excluding hydrogens is 204 g/mol. The van der Waals surface area contributed by atoms with E-state index in [1.807, 2.05) is 0 Å². The summed E-state index contributed by atoms with van der Waals surface area (Å²) in [4.78, 5) is 0. The van der Waals surface area contributed by atoms with E-state index in [1.54, 1.807) is 0 Å². The largest absolute Gasteiger partial charge is 0.549 e. The predicted molar refractivity (Wildman–Crippen MR) is 21.3 cm³/mol. The molecule has 9 heteroatoms. The summed E-state index contributed by atoms with van der Waals surface area (Å²) in [6.07, 6.45) is 0. The first-order valence-corrected chi connectivity index (χ1v) is 3.32. The normalized spacial score (nSPS) is 7.33. The van der Waals surface area contributed by atoms with E-state index in [1.165, 1.54) is 0 Å². The molecule has 0 aromatic heterocycles. The predicted octanol–water partition coefficient (Wildman–Crippen LogP) is -1.27.